The lowest BCUT2D eigenvalue weighted by Gasteiger charge is -2.13. The van der Waals surface area contributed by atoms with Gasteiger partial charge in [0.05, 0.1) is 32.2 Å². The van der Waals surface area contributed by atoms with E-state index in [0.29, 0.717) is 21.5 Å². The van der Waals surface area contributed by atoms with Gasteiger partial charge in [-0.3, -0.25) is 14.9 Å². The first-order valence-electron chi connectivity index (χ1n) is 8.39. The summed E-state index contributed by atoms with van der Waals surface area (Å²) in [5, 5.41) is 22.4. The first kappa shape index (κ1) is 24.2. The average Bonchev–Trinajstić information content (AvgIpc) is 2.72. The van der Waals surface area contributed by atoms with Crippen LogP contribution in [0.4, 0.5) is 11.4 Å². The van der Waals surface area contributed by atoms with E-state index in [0.717, 1.165) is 12.1 Å². The number of non-ortho nitro benzene ring substituents is 1. The Balaban J connectivity index is 2.37. The van der Waals surface area contributed by atoms with Crippen LogP contribution in [0.3, 0.4) is 0 Å². The Morgan fingerprint density at radius 3 is 2.52 bits per heavy atom. The zero-order valence-electron chi connectivity index (χ0n) is 15.9. The van der Waals surface area contributed by atoms with E-state index in [1.807, 2.05) is 0 Å². The average molecular weight is 527 g/mol. The predicted molar refractivity (Wildman–Crippen MR) is 122 cm³/mol. The number of nitriles is 1. The van der Waals surface area contributed by atoms with Gasteiger partial charge >= 0.3 is 0 Å². The van der Waals surface area contributed by atoms with E-state index in [1.165, 1.54) is 13.2 Å². The lowest BCUT2D eigenvalue weighted by Crippen LogP contribution is -2.14. The topological polar surface area (TPSA) is 114 Å². The summed E-state index contributed by atoms with van der Waals surface area (Å²) >= 11 is 15.4. The van der Waals surface area contributed by atoms with Crippen LogP contribution in [0.2, 0.25) is 10.0 Å². The molecule has 8 nitrogen and oxygen atoms in total. The summed E-state index contributed by atoms with van der Waals surface area (Å²) < 4.78 is 11.4. The fraction of sp³-hybridized carbons (Fsp3) is 0.100. The van der Waals surface area contributed by atoms with E-state index in [2.05, 4.69) is 27.8 Å². The number of carbonyl (C=O) groups excluding carboxylic acids is 1. The normalized spacial score (nSPS) is 10.7. The maximum atomic E-state index is 12.6. The van der Waals surface area contributed by atoms with Crippen molar-refractivity contribution in [1.82, 2.24) is 0 Å². The van der Waals surface area contributed by atoms with Crippen LogP contribution in [0, 0.1) is 21.4 Å². The quantitative estimate of drug-likeness (QED) is 0.153. The molecule has 1 N–H and O–H groups in total. The van der Waals surface area contributed by atoms with Gasteiger partial charge in [-0.15, -0.1) is 0 Å². The Morgan fingerprint density at radius 2 is 2.00 bits per heavy atom. The van der Waals surface area contributed by atoms with Crippen LogP contribution in [0.1, 0.15) is 5.56 Å². The Labute approximate surface area is 195 Å². The monoisotopic (exact) mass is 525 g/mol. The number of rotatable bonds is 8. The molecule has 0 radical (unpaired) electrons. The number of hydrogen-bond donors (Lipinski definition) is 1. The molecular formula is C20H14BrCl2N3O5. The molecule has 0 bridgehead atoms. The lowest BCUT2D eigenvalue weighted by molar-refractivity contribution is -0.384. The third kappa shape index (κ3) is 5.98. The van der Waals surface area contributed by atoms with Crippen LogP contribution in [-0.4, -0.2) is 24.5 Å². The molecule has 0 saturated carbocycles. The Hall–Kier alpha value is -3.06. The number of hydrogen-bond acceptors (Lipinski definition) is 6. The maximum absolute atomic E-state index is 12.6. The van der Waals surface area contributed by atoms with Gasteiger partial charge in [-0.2, -0.15) is 5.26 Å². The maximum Gasteiger partial charge on any atom is 0.272 e. The Bertz CT molecular complexity index is 1110. The third-order valence-electron chi connectivity index (χ3n) is 3.75. The zero-order valence-corrected chi connectivity index (χ0v) is 19.0. The van der Waals surface area contributed by atoms with Gasteiger partial charge in [-0.05, 0) is 39.7 Å². The third-order valence-corrected chi connectivity index (χ3v) is 4.93. The first-order chi connectivity index (χ1) is 14.7. The second-order valence-electron chi connectivity index (χ2n) is 5.80. The fourth-order valence-electron chi connectivity index (χ4n) is 2.39. The number of benzene rings is 2. The number of nitro benzene ring substituents is 1. The van der Waals surface area contributed by atoms with Gasteiger partial charge in [0.15, 0.2) is 11.5 Å². The van der Waals surface area contributed by atoms with Crippen LogP contribution in [0.5, 0.6) is 11.5 Å². The van der Waals surface area contributed by atoms with Crippen molar-refractivity contribution in [2.45, 2.75) is 0 Å². The molecule has 0 saturated heterocycles. The van der Waals surface area contributed by atoms with Crippen molar-refractivity contribution in [1.29, 1.82) is 5.26 Å². The molecule has 1 amide bonds. The highest BCUT2D eigenvalue weighted by Crippen LogP contribution is 2.38. The highest BCUT2D eigenvalue weighted by Gasteiger charge is 2.19. The second-order valence-corrected chi connectivity index (χ2v) is 7.47. The van der Waals surface area contributed by atoms with E-state index in [4.69, 9.17) is 32.7 Å². The van der Waals surface area contributed by atoms with Crippen molar-refractivity contribution in [2.24, 2.45) is 0 Å². The number of halogens is 3. The summed E-state index contributed by atoms with van der Waals surface area (Å²) in [6, 6.07) is 7.11. The molecule has 0 aromatic heterocycles. The Kier molecular flexibility index (Phi) is 8.45. The number of amides is 1. The number of nitrogens with zero attached hydrogens (tertiary/aromatic N) is 2. The van der Waals surface area contributed by atoms with Gasteiger partial charge in [-0.25, -0.2) is 0 Å². The molecule has 31 heavy (non-hydrogen) atoms. The van der Waals surface area contributed by atoms with Crippen molar-refractivity contribution in [3.8, 4) is 17.6 Å². The lowest BCUT2D eigenvalue weighted by atomic mass is 10.1. The number of nitrogens with one attached hydrogen (secondary N) is 1. The molecule has 2 aromatic rings. The molecule has 11 heteroatoms. The van der Waals surface area contributed by atoms with Crippen LogP contribution in [0.25, 0.3) is 6.08 Å². The standard InChI is InChI=1S/C20H14BrCl2N3O5/c1-3-4-31-19-14(21)6-11(7-17(19)30-2)5-12(10-24)20(27)25-18-15(22)8-13(26(28)29)9-16(18)23/h3,5-9H,1,4H2,2H3,(H,25,27)/b12-5+. The van der Waals surface area contributed by atoms with Crippen molar-refractivity contribution in [2.75, 3.05) is 19.0 Å². The summed E-state index contributed by atoms with van der Waals surface area (Å²) in [4.78, 5) is 22.8. The van der Waals surface area contributed by atoms with Crippen molar-refractivity contribution >= 4 is 62.5 Å². The van der Waals surface area contributed by atoms with Crippen molar-refractivity contribution in [3.05, 3.63) is 72.7 Å². The molecule has 0 aliphatic carbocycles. The molecule has 0 spiro atoms. The number of methoxy groups -OCH3 is 1. The molecule has 0 fully saturated rings. The second kappa shape index (κ2) is 10.8. The highest BCUT2D eigenvalue weighted by molar-refractivity contribution is 9.10. The molecule has 160 valence electrons. The van der Waals surface area contributed by atoms with Gasteiger partial charge < -0.3 is 14.8 Å². The van der Waals surface area contributed by atoms with E-state index < -0.39 is 10.8 Å². The van der Waals surface area contributed by atoms with Gasteiger partial charge in [0, 0.05) is 12.1 Å². The predicted octanol–water partition coefficient (Wildman–Crippen LogP) is 5.78. The smallest absolute Gasteiger partial charge is 0.272 e. The van der Waals surface area contributed by atoms with Crippen LogP contribution < -0.4 is 14.8 Å². The van der Waals surface area contributed by atoms with Crippen molar-refractivity contribution < 1.29 is 19.2 Å². The summed E-state index contributed by atoms with van der Waals surface area (Å²) in [5.41, 5.74) is -0.173. The SMILES string of the molecule is C=CCOc1c(Br)cc(/C=C(\C#N)C(=O)Nc2c(Cl)cc([N+](=O)[O-])cc2Cl)cc1OC. The fourth-order valence-corrected chi connectivity index (χ4v) is 3.53. The van der Waals surface area contributed by atoms with E-state index >= 15 is 0 Å². The molecule has 0 atom stereocenters. The van der Waals surface area contributed by atoms with Crippen LogP contribution in [-0.2, 0) is 4.79 Å². The molecule has 0 heterocycles. The van der Waals surface area contributed by atoms with Crippen LogP contribution >= 0.6 is 39.1 Å². The van der Waals surface area contributed by atoms with Gasteiger partial charge in [0.1, 0.15) is 18.2 Å². The first-order valence-corrected chi connectivity index (χ1v) is 9.94. The molecule has 2 aromatic carbocycles. The van der Waals surface area contributed by atoms with Gasteiger partial charge in [-0.1, -0.05) is 35.9 Å². The molecule has 2 rings (SSSR count). The minimum atomic E-state index is -0.803. The summed E-state index contributed by atoms with van der Waals surface area (Å²) in [5.74, 6) is 0.0100. The van der Waals surface area contributed by atoms with E-state index in [-0.39, 0.29) is 33.6 Å². The number of anilines is 1. The minimum absolute atomic E-state index is 0.0491. The molecule has 0 unspecified atom stereocenters. The summed E-state index contributed by atoms with van der Waals surface area (Å²) in [7, 11) is 1.45. The molecular weight excluding hydrogens is 513 g/mol. The minimum Gasteiger partial charge on any atom is -0.493 e. The summed E-state index contributed by atoms with van der Waals surface area (Å²) in [6.45, 7) is 3.84. The van der Waals surface area contributed by atoms with Crippen LogP contribution in [0.15, 0.2) is 47.0 Å². The zero-order chi connectivity index (χ0) is 23.1. The van der Waals surface area contributed by atoms with Crippen molar-refractivity contribution in [3.63, 3.8) is 0 Å². The highest BCUT2D eigenvalue weighted by atomic mass is 79.9. The Morgan fingerprint density at radius 1 is 1.35 bits per heavy atom. The number of ether oxygens (including phenoxy) is 2. The number of carbonyl (C=O) groups is 1. The molecule has 0 aliphatic heterocycles. The van der Waals surface area contributed by atoms with E-state index in [9.17, 15) is 20.2 Å². The van der Waals surface area contributed by atoms with E-state index in [1.54, 1.807) is 24.3 Å². The molecule has 0 aliphatic rings. The van der Waals surface area contributed by atoms with Gasteiger partial charge in [0.2, 0.25) is 0 Å². The van der Waals surface area contributed by atoms with Gasteiger partial charge in [0.25, 0.3) is 11.6 Å². The largest absolute Gasteiger partial charge is 0.493 e. The number of nitro groups is 1. The summed E-state index contributed by atoms with van der Waals surface area (Å²) in [6.07, 6.45) is 2.90.